The summed E-state index contributed by atoms with van der Waals surface area (Å²) in [5, 5.41) is 3.11. The van der Waals surface area contributed by atoms with Crippen molar-refractivity contribution in [2.75, 3.05) is 13.1 Å². The summed E-state index contributed by atoms with van der Waals surface area (Å²) in [5.74, 6) is -2.93. The number of halogens is 4. The lowest BCUT2D eigenvalue weighted by molar-refractivity contribution is -0.00289. The maximum Gasteiger partial charge on any atom is 0.285 e. The van der Waals surface area contributed by atoms with Crippen LogP contribution in [0.15, 0.2) is 18.2 Å². The van der Waals surface area contributed by atoms with E-state index in [0.717, 1.165) is 6.42 Å². The average molecular weight is 268 g/mol. The van der Waals surface area contributed by atoms with Crippen LogP contribution in [-0.4, -0.2) is 13.1 Å². The lowest BCUT2D eigenvalue weighted by Crippen LogP contribution is -2.31. The van der Waals surface area contributed by atoms with Gasteiger partial charge in [0.25, 0.3) is 5.92 Å². The number of hydrogen-bond donors (Lipinski definition) is 1. The SMILES string of the molecule is CCCNCC(F)(F)c1ccc(Cl)c(Cl)c1. The Bertz CT molecular complexity index is 356. The first-order valence-electron chi connectivity index (χ1n) is 5.01. The van der Waals surface area contributed by atoms with Gasteiger partial charge in [0.1, 0.15) is 0 Å². The third-order valence-corrected chi connectivity index (χ3v) is 2.85. The molecule has 0 unspecified atom stereocenters. The maximum absolute atomic E-state index is 13.6. The lowest BCUT2D eigenvalue weighted by atomic mass is 10.1. The van der Waals surface area contributed by atoms with E-state index in [4.69, 9.17) is 23.2 Å². The van der Waals surface area contributed by atoms with Crippen molar-refractivity contribution < 1.29 is 8.78 Å². The molecule has 0 fully saturated rings. The molecule has 1 aromatic rings. The quantitative estimate of drug-likeness (QED) is 0.793. The second kappa shape index (κ2) is 5.80. The van der Waals surface area contributed by atoms with E-state index in [0.29, 0.717) is 6.54 Å². The Kier molecular flexibility index (Phi) is 4.96. The molecule has 90 valence electrons. The first-order chi connectivity index (χ1) is 7.47. The monoisotopic (exact) mass is 267 g/mol. The molecule has 16 heavy (non-hydrogen) atoms. The molecule has 0 amide bonds. The molecule has 5 heteroatoms. The number of alkyl halides is 2. The van der Waals surface area contributed by atoms with Crippen molar-refractivity contribution in [1.82, 2.24) is 5.32 Å². The largest absolute Gasteiger partial charge is 0.311 e. The molecule has 0 saturated carbocycles. The van der Waals surface area contributed by atoms with Crippen molar-refractivity contribution in [2.24, 2.45) is 0 Å². The Hall–Kier alpha value is -0.380. The van der Waals surface area contributed by atoms with Gasteiger partial charge in [-0.1, -0.05) is 36.2 Å². The third-order valence-electron chi connectivity index (χ3n) is 2.12. The summed E-state index contributed by atoms with van der Waals surface area (Å²) in [4.78, 5) is 0. The molecule has 0 spiro atoms. The van der Waals surface area contributed by atoms with Crippen LogP contribution in [0.2, 0.25) is 10.0 Å². The molecule has 1 nitrogen and oxygen atoms in total. The van der Waals surface area contributed by atoms with Gasteiger partial charge in [0.15, 0.2) is 0 Å². The van der Waals surface area contributed by atoms with Crippen molar-refractivity contribution in [3.8, 4) is 0 Å². The second-order valence-corrected chi connectivity index (χ2v) is 4.32. The molecule has 0 bridgehead atoms. The Balaban J connectivity index is 2.76. The summed E-state index contributed by atoms with van der Waals surface area (Å²) >= 11 is 11.4. The highest BCUT2D eigenvalue weighted by Gasteiger charge is 2.31. The highest BCUT2D eigenvalue weighted by atomic mass is 35.5. The average Bonchev–Trinajstić information content (AvgIpc) is 2.22. The predicted octanol–water partition coefficient (Wildman–Crippen LogP) is 4.08. The van der Waals surface area contributed by atoms with Gasteiger partial charge in [-0.25, -0.2) is 0 Å². The molecule has 0 aromatic heterocycles. The highest BCUT2D eigenvalue weighted by Crippen LogP contribution is 2.32. The fourth-order valence-corrected chi connectivity index (χ4v) is 1.55. The van der Waals surface area contributed by atoms with Crippen LogP contribution in [0.4, 0.5) is 8.78 Å². The van der Waals surface area contributed by atoms with Crippen LogP contribution in [0, 0.1) is 0 Å². The minimum Gasteiger partial charge on any atom is -0.311 e. The van der Waals surface area contributed by atoms with Gasteiger partial charge in [0.05, 0.1) is 16.6 Å². The predicted molar refractivity (Wildman–Crippen MR) is 63.5 cm³/mol. The first kappa shape index (κ1) is 13.7. The van der Waals surface area contributed by atoms with Crippen LogP contribution >= 0.6 is 23.2 Å². The standard InChI is InChI=1S/C11H13Cl2F2N/c1-2-5-16-7-11(14,15)8-3-4-9(12)10(13)6-8/h3-4,6,16H,2,5,7H2,1H3. The van der Waals surface area contributed by atoms with Crippen molar-refractivity contribution in [3.05, 3.63) is 33.8 Å². The van der Waals surface area contributed by atoms with Crippen LogP contribution in [0.25, 0.3) is 0 Å². The molecule has 0 saturated heterocycles. The van der Waals surface area contributed by atoms with Gasteiger partial charge in [0, 0.05) is 5.56 Å². The van der Waals surface area contributed by atoms with Crippen LogP contribution in [0.3, 0.4) is 0 Å². The van der Waals surface area contributed by atoms with Crippen molar-refractivity contribution in [2.45, 2.75) is 19.3 Å². The zero-order chi connectivity index (χ0) is 12.2. The Morgan fingerprint density at radius 1 is 1.25 bits per heavy atom. The smallest absolute Gasteiger partial charge is 0.285 e. The van der Waals surface area contributed by atoms with Gasteiger partial charge < -0.3 is 5.32 Å². The van der Waals surface area contributed by atoms with E-state index in [-0.39, 0.29) is 15.6 Å². The van der Waals surface area contributed by atoms with Gasteiger partial charge in [-0.05, 0) is 25.1 Å². The number of benzene rings is 1. The first-order valence-corrected chi connectivity index (χ1v) is 5.77. The van der Waals surface area contributed by atoms with E-state index < -0.39 is 12.5 Å². The Labute approximate surface area is 104 Å². The van der Waals surface area contributed by atoms with Crippen molar-refractivity contribution in [1.29, 1.82) is 0 Å². The topological polar surface area (TPSA) is 12.0 Å². The minimum atomic E-state index is -2.93. The van der Waals surface area contributed by atoms with Crippen LogP contribution in [0.1, 0.15) is 18.9 Å². The van der Waals surface area contributed by atoms with Crippen LogP contribution < -0.4 is 5.32 Å². The van der Waals surface area contributed by atoms with E-state index in [1.165, 1.54) is 18.2 Å². The molecule has 0 aliphatic rings. The summed E-state index contributed by atoms with van der Waals surface area (Å²) in [6.45, 7) is 2.10. The van der Waals surface area contributed by atoms with Gasteiger partial charge in [0.2, 0.25) is 0 Å². The molecule has 1 aromatic carbocycles. The normalized spacial score (nSPS) is 11.8. The summed E-state index contributed by atoms with van der Waals surface area (Å²) in [6, 6.07) is 3.88. The van der Waals surface area contributed by atoms with Gasteiger partial charge in [-0.3, -0.25) is 0 Å². The minimum absolute atomic E-state index is 0.120. The fraction of sp³-hybridized carbons (Fsp3) is 0.455. The van der Waals surface area contributed by atoms with E-state index in [2.05, 4.69) is 5.32 Å². The molecule has 1 N–H and O–H groups in total. The van der Waals surface area contributed by atoms with E-state index in [1.54, 1.807) is 0 Å². The van der Waals surface area contributed by atoms with Crippen LogP contribution in [-0.2, 0) is 5.92 Å². The third kappa shape index (κ3) is 3.58. The van der Waals surface area contributed by atoms with E-state index in [9.17, 15) is 8.78 Å². The van der Waals surface area contributed by atoms with Crippen LogP contribution in [0.5, 0.6) is 0 Å². The molecule has 1 rings (SSSR count). The Morgan fingerprint density at radius 2 is 1.94 bits per heavy atom. The number of nitrogens with one attached hydrogen (secondary N) is 1. The lowest BCUT2D eigenvalue weighted by Gasteiger charge is -2.17. The molecular weight excluding hydrogens is 255 g/mol. The van der Waals surface area contributed by atoms with Crippen molar-refractivity contribution in [3.63, 3.8) is 0 Å². The van der Waals surface area contributed by atoms with Gasteiger partial charge in [-0.2, -0.15) is 8.78 Å². The van der Waals surface area contributed by atoms with E-state index >= 15 is 0 Å². The summed E-state index contributed by atoms with van der Waals surface area (Å²) < 4.78 is 27.3. The molecule has 0 radical (unpaired) electrons. The number of hydrogen-bond acceptors (Lipinski definition) is 1. The number of rotatable bonds is 5. The maximum atomic E-state index is 13.6. The second-order valence-electron chi connectivity index (χ2n) is 3.51. The highest BCUT2D eigenvalue weighted by molar-refractivity contribution is 6.42. The van der Waals surface area contributed by atoms with E-state index in [1.807, 2.05) is 6.92 Å². The summed E-state index contributed by atoms with van der Waals surface area (Å²) in [6.07, 6.45) is 0.817. The molecule has 0 aliphatic carbocycles. The zero-order valence-corrected chi connectivity index (χ0v) is 10.4. The Morgan fingerprint density at radius 3 is 2.50 bits per heavy atom. The van der Waals surface area contributed by atoms with Gasteiger partial charge >= 0.3 is 0 Å². The molecular formula is C11H13Cl2F2N. The molecule has 0 atom stereocenters. The van der Waals surface area contributed by atoms with Gasteiger partial charge in [-0.15, -0.1) is 0 Å². The molecule has 0 heterocycles. The molecule has 0 aliphatic heterocycles. The summed E-state index contributed by atoms with van der Waals surface area (Å²) in [5.41, 5.74) is -0.120. The van der Waals surface area contributed by atoms with Crippen molar-refractivity contribution >= 4 is 23.2 Å². The fourth-order valence-electron chi connectivity index (χ4n) is 1.25. The summed E-state index contributed by atoms with van der Waals surface area (Å²) in [7, 11) is 0. The zero-order valence-electron chi connectivity index (χ0n) is 8.87.